The van der Waals surface area contributed by atoms with Gasteiger partial charge in [0.2, 0.25) is 5.91 Å². The van der Waals surface area contributed by atoms with Crippen molar-refractivity contribution in [2.24, 2.45) is 0 Å². The number of sulfone groups is 1. The molecule has 5 nitrogen and oxygen atoms in total. The van der Waals surface area contributed by atoms with Crippen molar-refractivity contribution in [2.45, 2.75) is 65.8 Å². The molecule has 226 valence electrons. The van der Waals surface area contributed by atoms with Crippen molar-refractivity contribution >= 4 is 15.7 Å². The molecule has 0 unspecified atom stereocenters. The molecule has 14 heteroatoms. The van der Waals surface area contributed by atoms with Crippen molar-refractivity contribution < 1.29 is 48.3 Å². The maximum Gasteiger partial charge on any atom is 0.435 e. The van der Waals surface area contributed by atoms with Crippen LogP contribution in [0.4, 0.5) is 35.1 Å². The zero-order chi connectivity index (χ0) is 31.0. The van der Waals surface area contributed by atoms with Crippen LogP contribution in [0.2, 0.25) is 0 Å². The monoisotopic (exact) mass is 620 g/mol. The number of hydrogen-bond acceptors (Lipinski definition) is 4. The summed E-state index contributed by atoms with van der Waals surface area (Å²) in [5, 5.41) is 2.81. The van der Waals surface area contributed by atoms with E-state index in [9.17, 15) is 48.3 Å². The molecule has 1 N–H and O–H groups in total. The summed E-state index contributed by atoms with van der Waals surface area (Å²) in [4.78, 5) is 16.1. The highest BCUT2D eigenvalue weighted by Crippen LogP contribution is 2.54. The van der Waals surface area contributed by atoms with E-state index < -0.39 is 50.0 Å². The molecule has 1 fully saturated rings. The van der Waals surface area contributed by atoms with E-state index in [1.165, 1.54) is 12.4 Å². The lowest BCUT2D eigenvalue weighted by Gasteiger charge is -2.40. The third kappa shape index (κ3) is 5.72. The summed E-state index contributed by atoms with van der Waals surface area (Å²) in [6.07, 6.45) is -9.82. The molecular weight excluding hydrogens is 596 g/mol. The molecule has 0 spiro atoms. The minimum Gasteiger partial charge on any atom is -0.353 e. The van der Waals surface area contributed by atoms with Crippen molar-refractivity contribution in [3.05, 3.63) is 95.6 Å². The van der Waals surface area contributed by atoms with Gasteiger partial charge in [-0.3, -0.25) is 9.78 Å². The molecule has 0 aliphatic heterocycles. The first-order valence-electron chi connectivity index (χ1n) is 12.6. The minimum absolute atomic E-state index is 0.0306. The Labute approximate surface area is 235 Å². The van der Waals surface area contributed by atoms with Crippen LogP contribution in [0.1, 0.15) is 42.4 Å². The van der Waals surface area contributed by atoms with Gasteiger partial charge in [0.25, 0.3) is 0 Å². The van der Waals surface area contributed by atoms with Crippen LogP contribution in [-0.4, -0.2) is 37.7 Å². The average molecular weight is 621 g/mol. The third-order valence-electron chi connectivity index (χ3n) is 7.50. The summed E-state index contributed by atoms with van der Waals surface area (Å²) < 4.78 is 134. The molecule has 0 saturated heterocycles. The lowest BCUT2D eigenvalue weighted by molar-refractivity contribution is -0.348. The van der Waals surface area contributed by atoms with Crippen molar-refractivity contribution in [3.63, 3.8) is 0 Å². The smallest absolute Gasteiger partial charge is 0.353 e. The van der Waals surface area contributed by atoms with E-state index in [0.29, 0.717) is 5.56 Å². The normalized spacial score (nSPS) is 20.2. The quantitative estimate of drug-likeness (QED) is 0.242. The van der Waals surface area contributed by atoms with Crippen LogP contribution in [0.3, 0.4) is 0 Å². The zero-order valence-corrected chi connectivity index (χ0v) is 22.5. The number of nitrogens with one attached hydrogen (secondary N) is 1. The number of hydrogen-bond donors (Lipinski definition) is 1. The van der Waals surface area contributed by atoms with Crippen molar-refractivity contribution in [1.82, 2.24) is 10.3 Å². The Kier molecular flexibility index (Phi) is 8.42. The largest absolute Gasteiger partial charge is 0.435 e. The Morgan fingerprint density at radius 3 is 1.86 bits per heavy atom. The number of carbonyl (C=O) groups excluding carboxylic acids is 1. The van der Waals surface area contributed by atoms with Crippen molar-refractivity contribution in [2.75, 3.05) is 0 Å². The average Bonchev–Trinajstić information content (AvgIpc) is 2.92. The van der Waals surface area contributed by atoms with E-state index in [1.54, 1.807) is 12.1 Å². The molecule has 4 rings (SSSR count). The van der Waals surface area contributed by atoms with Gasteiger partial charge in [0.05, 0.1) is 11.3 Å². The Bertz CT molecular complexity index is 1490. The van der Waals surface area contributed by atoms with Gasteiger partial charge in [-0.1, -0.05) is 24.3 Å². The number of aromatic nitrogens is 1. The van der Waals surface area contributed by atoms with Gasteiger partial charge in [-0.2, -0.15) is 26.3 Å². The number of amides is 1. The minimum atomic E-state index is -6.34. The lowest BCUT2D eigenvalue weighted by Crippen LogP contribution is -2.50. The fourth-order valence-electron chi connectivity index (χ4n) is 5.24. The van der Waals surface area contributed by atoms with Crippen LogP contribution >= 0.6 is 0 Å². The SMILES string of the molecule is O=C(Cc1ccncc1)N[C@H]1CC[C@@](c2ccc(C(F)(C(F)(F)F)C(F)(F)F)cc2)(S(=O)(=O)c2ccc(F)cc2)CC1. The second-order valence-corrected chi connectivity index (χ2v) is 12.3. The Balaban J connectivity index is 1.68. The fourth-order valence-corrected chi connectivity index (χ4v) is 7.40. The molecule has 1 amide bonds. The number of benzene rings is 2. The third-order valence-corrected chi connectivity index (χ3v) is 10.1. The van der Waals surface area contributed by atoms with Crippen molar-refractivity contribution in [1.29, 1.82) is 0 Å². The van der Waals surface area contributed by atoms with Gasteiger partial charge in [-0.25, -0.2) is 17.2 Å². The van der Waals surface area contributed by atoms with E-state index in [-0.39, 0.29) is 60.6 Å². The number of alkyl halides is 7. The fraction of sp³-hybridized carbons (Fsp3) is 0.357. The molecule has 0 bridgehead atoms. The summed E-state index contributed by atoms with van der Waals surface area (Å²) >= 11 is 0. The Hall–Kier alpha value is -3.55. The predicted molar refractivity (Wildman–Crippen MR) is 135 cm³/mol. The highest BCUT2D eigenvalue weighted by Gasteiger charge is 2.73. The first kappa shape index (κ1) is 31.4. The van der Waals surface area contributed by atoms with E-state index in [1.807, 2.05) is 0 Å². The molecule has 1 aliphatic rings. The number of pyridine rings is 1. The van der Waals surface area contributed by atoms with E-state index in [0.717, 1.165) is 36.4 Å². The molecular formula is C28H24F8N2O3S. The molecule has 42 heavy (non-hydrogen) atoms. The number of halogens is 8. The summed E-state index contributed by atoms with van der Waals surface area (Å²) in [6, 6.07) is 8.66. The summed E-state index contributed by atoms with van der Waals surface area (Å²) in [5.74, 6) is -1.07. The van der Waals surface area contributed by atoms with Gasteiger partial charge >= 0.3 is 18.0 Å². The zero-order valence-electron chi connectivity index (χ0n) is 21.6. The molecule has 0 radical (unpaired) electrons. The standard InChI is InChI=1S/C28H24F8N2O3S/c29-21-5-7-23(8-6-21)42(40,41)25(13-9-22(10-14-25)38-24(39)17-18-11-15-37-16-12-18)19-1-3-20(4-2-19)26(30,27(31,32)33)28(34,35)36/h1-8,11-12,15-16,22H,9-10,13-14,17H2,(H,38,39)/t22-,25+. The molecule has 1 saturated carbocycles. The summed E-state index contributed by atoms with van der Waals surface area (Å²) in [5.41, 5.74) is -6.91. The maximum absolute atomic E-state index is 14.6. The molecule has 1 aliphatic carbocycles. The summed E-state index contributed by atoms with van der Waals surface area (Å²) in [6.45, 7) is 0. The van der Waals surface area contributed by atoms with E-state index in [4.69, 9.17) is 0 Å². The molecule has 1 heterocycles. The lowest BCUT2D eigenvalue weighted by atomic mass is 9.80. The highest BCUT2D eigenvalue weighted by molar-refractivity contribution is 7.92. The molecule has 0 atom stereocenters. The number of rotatable bonds is 7. The number of carbonyl (C=O) groups is 1. The van der Waals surface area contributed by atoms with Crippen molar-refractivity contribution in [3.8, 4) is 0 Å². The van der Waals surface area contributed by atoms with Gasteiger partial charge in [0.1, 0.15) is 10.6 Å². The van der Waals surface area contributed by atoms with Gasteiger partial charge in [0.15, 0.2) is 9.84 Å². The Morgan fingerprint density at radius 2 is 1.36 bits per heavy atom. The molecule has 2 aromatic carbocycles. The van der Waals surface area contributed by atoms with Crippen LogP contribution in [0.15, 0.2) is 78.0 Å². The summed E-state index contributed by atoms with van der Waals surface area (Å²) in [7, 11) is -4.42. The molecule has 1 aromatic heterocycles. The van der Waals surface area contributed by atoms with Crippen LogP contribution in [0, 0.1) is 5.82 Å². The van der Waals surface area contributed by atoms with Gasteiger partial charge in [0, 0.05) is 24.0 Å². The van der Waals surface area contributed by atoms with Crippen LogP contribution < -0.4 is 5.32 Å². The van der Waals surface area contributed by atoms with Crippen LogP contribution in [0.25, 0.3) is 0 Å². The number of nitrogens with zero attached hydrogens (tertiary/aromatic N) is 1. The highest BCUT2D eigenvalue weighted by atomic mass is 32.2. The van der Waals surface area contributed by atoms with E-state index in [2.05, 4.69) is 10.3 Å². The second kappa shape index (κ2) is 11.3. The first-order valence-corrected chi connectivity index (χ1v) is 14.1. The Morgan fingerprint density at radius 1 is 0.833 bits per heavy atom. The second-order valence-electron chi connectivity index (χ2n) is 10.1. The van der Waals surface area contributed by atoms with E-state index >= 15 is 0 Å². The van der Waals surface area contributed by atoms with Gasteiger partial charge in [-0.05, 0) is 73.2 Å². The first-order chi connectivity index (χ1) is 19.5. The molecule has 3 aromatic rings. The predicted octanol–water partition coefficient (Wildman–Crippen LogP) is 6.48. The van der Waals surface area contributed by atoms with Crippen LogP contribution in [0.5, 0.6) is 0 Å². The van der Waals surface area contributed by atoms with Gasteiger partial charge in [-0.15, -0.1) is 0 Å². The van der Waals surface area contributed by atoms with Gasteiger partial charge < -0.3 is 5.32 Å². The van der Waals surface area contributed by atoms with Crippen LogP contribution in [-0.2, 0) is 31.5 Å². The maximum atomic E-state index is 14.6. The topological polar surface area (TPSA) is 76.1 Å².